The molecule has 2 aromatic carbocycles. The Balaban J connectivity index is 1.13. The van der Waals surface area contributed by atoms with Gasteiger partial charge in [-0.05, 0) is 50.4 Å². The fourth-order valence-electron chi connectivity index (χ4n) is 6.68. The molecule has 4 heterocycles. The number of benzene rings is 2. The second-order valence-corrected chi connectivity index (χ2v) is 11.7. The van der Waals surface area contributed by atoms with Gasteiger partial charge in [-0.25, -0.2) is 23.7 Å². The molecule has 2 aliphatic rings. The topological polar surface area (TPSA) is 93.1 Å². The molecule has 11 heteroatoms. The Morgan fingerprint density at radius 2 is 1.62 bits per heavy atom. The summed E-state index contributed by atoms with van der Waals surface area (Å²) in [6.07, 6.45) is 8.31. The summed E-state index contributed by atoms with van der Waals surface area (Å²) in [7, 11) is 3.93. The zero-order valence-corrected chi connectivity index (χ0v) is 23.9. The maximum atomic E-state index is 14.3. The van der Waals surface area contributed by atoms with Gasteiger partial charge in [0.25, 0.3) is 0 Å². The molecule has 1 saturated carbocycles. The van der Waals surface area contributed by atoms with Crippen LogP contribution in [-0.4, -0.2) is 73.2 Å². The van der Waals surface area contributed by atoms with Crippen LogP contribution in [-0.2, 0) is 7.05 Å². The number of aryl methyl sites for hydroxylation is 1. The molecule has 0 amide bonds. The number of nitrogens with one attached hydrogen (secondary N) is 1. The zero-order valence-electron chi connectivity index (χ0n) is 23.9. The van der Waals surface area contributed by atoms with Gasteiger partial charge in [0.2, 0.25) is 5.95 Å². The first kappa shape index (κ1) is 26.8. The predicted molar refractivity (Wildman–Crippen MR) is 162 cm³/mol. The fraction of sp³-hybridized carbons (Fsp3) is 0.387. The summed E-state index contributed by atoms with van der Waals surface area (Å²) in [6, 6.07) is 11.1. The van der Waals surface area contributed by atoms with Crippen molar-refractivity contribution in [3.05, 3.63) is 60.6 Å². The number of aromatic nitrogens is 5. The molecule has 2 fully saturated rings. The van der Waals surface area contributed by atoms with Crippen LogP contribution in [0.2, 0.25) is 0 Å². The second-order valence-electron chi connectivity index (χ2n) is 11.7. The average molecular weight is 572 g/mol. The number of hydrogen-bond acceptors (Lipinski definition) is 7. The van der Waals surface area contributed by atoms with E-state index in [0.29, 0.717) is 29.4 Å². The smallest absolute Gasteiger partial charge is 0.208 e. The lowest BCUT2D eigenvalue weighted by Crippen LogP contribution is -2.49. The van der Waals surface area contributed by atoms with Crippen LogP contribution < -0.4 is 11.1 Å². The summed E-state index contributed by atoms with van der Waals surface area (Å²) in [5.74, 6) is -0.433. The van der Waals surface area contributed by atoms with Crippen molar-refractivity contribution in [3.63, 3.8) is 0 Å². The number of halogens is 2. The van der Waals surface area contributed by atoms with Crippen molar-refractivity contribution in [1.29, 1.82) is 0 Å². The van der Waals surface area contributed by atoms with Crippen LogP contribution in [0, 0.1) is 11.6 Å². The van der Waals surface area contributed by atoms with E-state index in [1.165, 1.54) is 18.9 Å². The molecule has 0 unspecified atom stereocenters. The minimum absolute atomic E-state index is 0.124. The number of imidazole rings is 1. The van der Waals surface area contributed by atoms with E-state index >= 15 is 0 Å². The zero-order chi connectivity index (χ0) is 29.0. The van der Waals surface area contributed by atoms with E-state index in [2.05, 4.69) is 47.9 Å². The number of hydrogen-bond donors (Lipinski definition) is 2. The summed E-state index contributed by atoms with van der Waals surface area (Å²) in [5.41, 5.74) is 10.6. The Bertz CT molecular complexity index is 1740. The Kier molecular flexibility index (Phi) is 6.78. The number of nitrogens with zero attached hydrogens (tertiary/aromatic N) is 7. The minimum atomic E-state index is -0.687. The standard InChI is InChI=1S/C31H35F2N9/c1-39-11-13-41(14-12-39)22-7-9-23(10-8-22)42-17-24(27-29(34)35-18-36-30(27)42)19-3-5-21(6-4-19)37-31-38-28-25(33)15-20(32)16-26(28)40(31)2/h3-6,15-18,22-23H,7-14H2,1-2H3,(H,37,38)(H2,34,35,36)/t22-,23+. The number of piperazine rings is 1. The lowest BCUT2D eigenvalue weighted by Gasteiger charge is -2.41. The number of likely N-dealkylation sites (N-methyl/N-ethyl adjacent to an activating group) is 1. The maximum absolute atomic E-state index is 14.3. The molecule has 9 nitrogen and oxygen atoms in total. The summed E-state index contributed by atoms with van der Waals surface area (Å²) in [6.45, 7) is 4.60. The lowest BCUT2D eigenvalue weighted by atomic mass is 9.89. The second kappa shape index (κ2) is 10.6. The first-order valence-electron chi connectivity index (χ1n) is 14.6. The average Bonchev–Trinajstić information content (AvgIpc) is 3.53. The van der Waals surface area contributed by atoms with E-state index in [-0.39, 0.29) is 5.52 Å². The monoisotopic (exact) mass is 571 g/mol. The van der Waals surface area contributed by atoms with Gasteiger partial charge in [-0.2, -0.15) is 0 Å². The third-order valence-electron chi connectivity index (χ3n) is 9.11. The van der Waals surface area contributed by atoms with E-state index in [1.54, 1.807) is 17.9 Å². The maximum Gasteiger partial charge on any atom is 0.208 e. The molecule has 5 aromatic rings. The van der Waals surface area contributed by atoms with Gasteiger partial charge in [-0.1, -0.05) is 12.1 Å². The van der Waals surface area contributed by atoms with E-state index in [9.17, 15) is 8.78 Å². The molecule has 7 rings (SSSR count). The van der Waals surface area contributed by atoms with Crippen LogP contribution >= 0.6 is 0 Å². The minimum Gasteiger partial charge on any atom is -0.383 e. The Morgan fingerprint density at radius 1 is 0.905 bits per heavy atom. The van der Waals surface area contributed by atoms with Crippen LogP contribution in [0.4, 0.5) is 26.2 Å². The van der Waals surface area contributed by atoms with Gasteiger partial charge < -0.3 is 25.1 Å². The van der Waals surface area contributed by atoms with Gasteiger partial charge >= 0.3 is 0 Å². The number of nitrogens with two attached hydrogens (primary N) is 1. The van der Waals surface area contributed by atoms with E-state index in [0.717, 1.165) is 72.9 Å². The van der Waals surface area contributed by atoms with Crippen molar-refractivity contribution in [2.75, 3.05) is 44.3 Å². The van der Waals surface area contributed by atoms with E-state index in [4.69, 9.17) is 5.73 Å². The van der Waals surface area contributed by atoms with Gasteiger partial charge in [0, 0.05) is 74.9 Å². The first-order chi connectivity index (χ1) is 20.4. The molecule has 42 heavy (non-hydrogen) atoms. The van der Waals surface area contributed by atoms with Crippen molar-refractivity contribution in [3.8, 4) is 11.1 Å². The number of nitrogen functional groups attached to an aromatic ring is 1. The largest absolute Gasteiger partial charge is 0.383 e. The molecule has 0 atom stereocenters. The van der Waals surface area contributed by atoms with E-state index in [1.807, 2.05) is 24.3 Å². The molecule has 1 aliphatic carbocycles. The number of rotatable bonds is 5. The summed E-state index contributed by atoms with van der Waals surface area (Å²) >= 11 is 0. The van der Waals surface area contributed by atoms with Crippen LogP contribution in [0.15, 0.2) is 48.9 Å². The van der Waals surface area contributed by atoms with Crippen molar-refractivity contribution in [2.24, 2.45) is 7.05 Å². The van der Waals surface area contributed by atoms with Gasteiger partial charge in [0.05, 0.1) is 10.9 Å². The van der Waals surface area contributed by atoms with Crippen molar-refractivity contribution >= 4 is 39.5 Å². The third-order valence-corrected chi connectivity index (χ3v) is 9.11. The van der Waals surface area contributed by atoms with Gasteiger partial charge in [-0.15, -0.1) is 0 Å². The van der Waals surface area contributed by atoms with Gasteiger partial charge in [0.15, 0.2) is 5.82 Å². The van der Waals surface area contributed by atoms with Gasteiger partial charge in [0.1, 0.15) is 29.1 Å². The highest BCUT2D eigenvalue weighted by molar-refractivity contribution is 6.00. The lowest BCUT2D eigenvalue weighted by molar-refractivity contribution is 0.0828. The molecule has 0 spiro atoms. The van der Waals surface area contributed by atoms with Crippen molar-refractivity contribution in [2.45, 2.75) is 37.8 Å². The number of fused-ring (bicyclic) bond motifs is 2. The van der Waals surface area contributed by atoms with Gasteiger partial charge in [-0.3, -0.25) is 4.90 Å². The number of anilines is 3. The van der Waals surface area contributed by atoms with Crippen molar-refractivity contribution in [1.82, 2.24) is 33.9 Å². The Morgan fingerprint density at radius 3 is 2.36 bits per heavy atom. The molecule has 218 valence electrons. The van der Waals surface area contributed by atoms with Crippen LogP contribution in [0.5, 0.6) is 0 Å². The Hall–Kier alpha value is -4.09. The Labute approximate surface area is 243 Å². The highest BCUT2D eigenvalue weighted by Gasteiger charge is 2.30. The molecule has 3 N–H and O–H groups in total. The summed E-state index contributed by atoms with van der Waals surface area (Å²) in [4.78, 5) is 18.4. The van der Waals surface area contributed by atoms with E-state index < -0.39 is 11.6 Å². The normalized spacial score (nSPS) is 20.5. The molecule has 0 bridgehead atoms. The highest BCUT2D eigenvalue weighted by atomic mass is 19.1. The fourth-order valence-corrected chi connectivity index (χ4v) is 6.68. The predicted octanol–water partition coefficient (Wildman–Crippen LogP) is 5.32. The van der Waals surface area contributed by atoms with Crippen LogP contribution in [0.1, 0.15) is 31.7 Å². The highest BCUT2D eigenvalue weighted by Crippen LogP contribution is 2.39. The molecule has 1 saturated heterocycles. The molecule has 1 aliphatic heterocycles. The third kappa shape index (κ3) is 4.76. The summed E-state index contributed by atoms with van der Waals surface area (Å²) in [5, 5.41) is 4.10. The van der Waals surface area contributed by atoms with Crippen molar-refractivity contribution < 1.29 is 8.78 Å². The first-order valence-corrected chi connectivity index (χ1v) is 14.6. The van der Waals surface area contributed by atoms with Crippen LogP contribution in [0.3, 0.4) is 0 Å². The molecular formula is C31H35F2N9. The summed E-state index contributed by atoms with van der Waals surface area (Å²) < 4.78 is 32.0. The quantitative estimate of drug-likeness (QED) is 0.295. The van der Waals surface area contributed by atoms with Crippen LogP contribution in [0.25, 0.3) is 33.2 Å². The molecule has 3 aromatic heterocycles. The SMILES string of the molecule is CN1CCN([C@H]2CC[C@@H](n3cc(-c4ccc(Nc5nc6c(F)cc(F)cc6n5C)cc4)c4c(N)ncnc43)CC2)CC1. The molecular weight excluding hydrogens is 536 g/mol. The molecule has 0 radical (unpaired) electrons.